The van der Waals surface area contributed by atoms with Crippen LogP contribution < -0.4 is 5.73 Å². The molecule has 2 aromatic rings. The minimum atomic E-state index is -3.82. The van der Waals surface area contributed by atoms with Gasteiger partial charge in [0.1, 0.15) is 5.41 Å². The van der Waals surface area contributed by atoms with Gasteiger partial charge in [0, 0.05) is 22.0 Å². The summed E-state index contributed by atoms with van der Waals surface area (Å²) in [6.07, 6.45) is 0. The van der Waals surface area contributed by atoms with E-state index >= 15 is 0 Å². The van der Waals surface area contributed by atoms with Crippen molar-refractivity contribution < 1.29 is 17.9 Å². The van der Waals surface area contributed by atoms with Crippen LogP contribution in [0, 0.1) is 5.41 Å². The molecule has 0 spiro atoms. The van der Waals surface area contributed by atoms with Gasteiger partial charge in [0.15, 0.2) is 9.84 Å². The van der Waals surface area contributed by atoms with Crippen molar-refractivity contribution in [2.45, 2.75) is 23.0 Å². The Kier molecular flexibility index (Phi) is 5.68. The van der Waals surface area contributed by atoms with E-state index in [9.17, 15) is 13.2 Å². The molecule has 144 valence electrons. The largest absolute Gasteiger partial charge is 0.465 e. The number of benzene rings is 2. The summed E-state index contributed by atoms with van der Waals surface area (Å²) in [5, 5.41) is -0.555. The van der Waals surface area contributed by atoms with Crippen LogP contribution in [0.4, 0.5) is 0 Å². The Labute approximate surface area is 171 Å². The minimum absolute atomic E-state index is 0.110. The number of hydrogen-bond donors (Lipinski definition) is 1. The number of sulfone groups is 1. The lowest BCUT2D eigenvalue weighted by Gasteiger charge is -2.14. The maximum atomic E-state index is 13.3. The van der Waals surface area contributed by atoms with Crippen molar-refractivity contribution in [3.63, 3.8) is 0 Å². The van der Waals surface area contributed by atoms with E-state index in [1.165, 1.54) is 24.3 Å². The molecule has 5 nitrogen and oxygen atoms in total. The summed E-state index contributed by atoms with van der Waals surface area (Å²) in [7, 11) is -3.82. The van der Waals surface area contributed by atoms with Crippen molar-refractivity contribution in [3.05, 3.63) is 63.6 Å². The molecule has 0 aromatic heterocycles. The zero-order valence-electron chi connectivity index (χ0n) is 14.6. The molecule has 0 aliphatic heterocycles. The van der Waals surface area contributed by atoms with Crippen LogP contribution in [-0.4, -0.2) is 32.8 Å². The lowest BCUT2D eigenvalue weighted by molar-refractivity contribution is -0.149. The summed E-state index contributed by atoms with van der Waals surface area (Å²) in [4.78, 5) is 12.9. The summed E-state index contributed by atoms with van der Waals surface area (Å²) < 4.78 is 32.7. The number of rotatable bonds is 6. The van der Waals surface area contributed by atoms with E-state index in [1.807, 2.05) is 12.1 Å². The number of hydrogen-bond acceptors (Lipinski definition) is 5. The Morgan fingerprint density at radius 3 is 2.30 bits per heavy atom. The zero-order chi connectivity index (χ0) is 19.8. The van der Waals surface area contributed by atoms with E-state index in [0.29, 0.717) is 5.02 Å². The zero-order valence-corrected chi connectivity index (χ0v) is 17.7. The van der Waals surface area contributed by atoms with E-state index in [1.54, 1.807) is 19.1 Å². The standard InChI is InChI=1S/C19H19BrClNO4S/c1-2-26-18(23)19(11-22)16(12-3-5-13(20)6-4-12)17(19)27(24,25)15-9-7-14(21)8-10-15/h3-10,16-17H,2,11,22H2,1H3. The fourth-order valence-corrected chi connectivity index (χ4v) is 6.38. The molecule has 2 aromatic carbocycles. The average molecular weight is 473 g/mol. The molecule has 1 fully saturated rings. The van der Waals surface area contributed by atoms with Crippen LogP contribution in [-0.2, 0) is 19.4 Å². The van der Waals surface area contributed by atoms with Crippen LogP contribution in [0.2, 0.25) is 5.02 Å². The number of carbonyl (C=O) groups is 1. The first-order valence-corrected chi connectivity index (χ1v) is 11.1. The van der Waals surface area contributed by atoms with E-state index in [-0.39, 0.29) is 18.0 Å². The molecule has 2 N–H and O–H groups in total. The summed E-state index contributed by atoms with van der Waals surface area (Å²) in [6.45, 7) is 1.72. The first kappa shape index (κ1) is 20.3. The van der Waals surface area contributed by atoms with Gasteiger partial charge < -0.3 is 10.5 Å². The first-order valence-electron chi connectivity index (χ1n) is 8.41. The molecule has 1 saturated carbocycles. The fraction of sp³-hybridized carbons (Fsp3) is 0.316. The second-order valence-corrected chi connectivity index (χ2v) is 9.84. The molecular formula is C19H19BrClNO4S. The van der Waals surface area contributed by atoms with Gasteiger partial charge in [0.25, 0.3) is 0 Å². The van der Waals surface area contributed by atoms with Crippen LogP contribution in [0.3, 0.4) is 0 Å². The summed E-state index contributed by atoms with van der Waals surface area (Å²) in [5.74, 6) is -1.15. The third kappa shape index (κ3) is 3.42. The van der Waals surface area contributed by atoms with Crippen molar-refractivity contribution in [3.8, 4) is 0 Å². The van der Waals surface area contributed by atoms with Gasteiger partial charge in [-0.25, -0.2) is 8.42 Å². The van der Waals surface area contributed by atoms with Crippen molar-refractivity contribution >= 4 is 43.3 Å². The van der Waals surface area contributed by atoms with Gasteiger partial charge in [-0.15, -0.1) is 0 Å². The smallest absolute Gasteiger partial charge is 0.315 e. The summed E-state index contributed by atoms with van der Waals surface area (Å²) in [5.41, 5.74) is 5.38. The monoisotopic (exact) mass is 471 g/mol. The molecule has 27 heavy (non-hydrogen) atoms. The number of esters is 1. The molecule has 1 aliphatic rings. The molecule has 3 rings (SSSR count). The fourth-order valence-electron chi connectivity index (χ4n) is 3.61. The minimum Gasteiger partial charge on any atom is -0.465 e. The Balaban J connectivity index is 2.10. The Bertz CT molecular complexity index is 947. The predicted octanol–water partition coefficient (Wildman–Crippen LogP) is 3.55. The van der Waals surface area contributed by atoms with Gasteiger partial charge in [-0.3, -0.25) is 4.79 Å². The molecule has 8 heteroatoms. The number of halogens is 2. The van der Waals surface area contributed by atoms with Gasteiger partial charge >= 0.3 is 5.97 Å². The third-order valence-corrected chi connectivity index (χ3v) is 8.03. The number of nitrogens with two attached hydrogens (primary N) is 1. The first-order chi connectivity index (χ1) is 12.8. The molecule has 3 unspecified atom stereocenters. The molecule has 3 atom stereocenters. The van der Waals surface area contributed by atoms with E-state index in [2.05, 4.69) is 15.9 Å². The Hall–Kier alpha value is -1.41. The normalized spacial score (nSPS) is 24.4. The van der Waals surface area contributed by atoms with E-state index in [0.717, 1.165) is 10.0 Å². The van der Waals surface area contributed by atoms with E-state index in [4.69, 9.17) is 22.1 Å². The van der Waals surface area contributed by atoms with Crippen molar-refractivity contribution in [1.29, 1.82) is 0 Å². The highest BCUT2D eigenvalue weighted by Gasteiger charge is 2.75. The molecule has 0 bridgehead atoms. The summed E-state index contributed by atoms with van der Waals surface area (Å²) in [6, 6.07) is 13.1. The average Bonchev–Trinajstić information content (AvgIpc) is 3.34. The van der Waals surface area contributed by atoms with Gasteiger partial charge in [-0.2, -0.15) is 0 Å². The van der Waals surface area contributed by atoms with Gasteiger partial charge in [0.05, 0.1) is 16.8 Å². The Morgan fingerprint density at radius 2 is 1.78 bits per heavy atom. The third-order valence-electron chi connectivity index (χ3n) is 4.96. The van der Waals surface area contributed by atoms with Gasteiger partial charge in [-0.05, 0) is 48.9 Å². The van der Waals surface area contributed by atoms with Crippen LogP contribution >= 0.6 is 27.5 Å². The van der Waals surface area contributed by atoms with Gasteiger partial charge in [0.2, 0.25) is 0 Å². The van der Waals surface area contributed by atoms with Crippen LogP contribution in [0.15, 0.2) is 57.9 Å². The highest BCUT2D eigenvalue weighted by Crippen LogP contribution is 2.64. The maximum absolute atomic E-state index is 13.3. The lowest BCUT2D eigenvalue weighted by Crippen LogP contribution is -2.33. The highest BCUT2D eigenvalue weighted by atomic mass is 79.9. The Morgan fingerprint density at radius 1 is 1.19 bits per heavy atom. The lowest BCUT2D eigenvalue weighted by atomic mass is 9.99. The van der Waals surface area contributed by atoms with Crippen molar-refractivity contribution in [1.82, 2.24) is 0 Å². The van der Waals surface area contributed by atoms with Crippen molar-refractivity contribution in [2.75, 3.05) is 13.2 Å². The molecule has 0 saturated heterocycles. The number of ether oxygens (including phenoxy) is 1. The van der Waals surface area contributed by atoms with Crippen molar-refractivity contribution in [2.24, 2.45) is 11.1 Å². The second-order valence-electron chi connectivity index (χ2n) is 6.41. The van der Waals surface area contributed by atoms with E-state index < -0.39 is 32.4 Å². The molecule has 1 aliphatic carbocycles. The van der Waals surface area contributed by atoms with Gasteiger partial charge in [-0.1, -0.05) is 39.7 Å². The molecule has 0 radical (unpaired) electrons. The van der Waals surface area contributed by atoms with Crippen LogP contribution in [0.5, 0.6) is 0 Å². The molecular weight excluding hydrogens is 454 g/mol. The topological polar surface area (TPSA) is 86.5 Å². The molecule has 0 heterocycles. The number of carbonyl (C=O) groups excluding carboxylic acids is 1. The highest BCUT2D eigenvalue weighted by molar-refractivity contribution is 9.10. The molecule has 0 amide bonds. The SMILES string of the molecule is CCOC(=O)C1(CN)C(c2ccc(Br)cc2)C1S(=O)(=O)c1ccc(Cl)cc1. The second kappa shape index (κ2) is 7.54. The quantitative estimate of drug-likeness (QED) is 0.650. The van der Waals surface area contributed by atoms with Crippen LogP contribution in [0.1, 0.15) is 18.4 Å². The maximum Gasteiger partial charge on any atom is 0.315 e. The van der Waals surface area contributed by atoms with Crippen LogP contribution in [0.25, 0.3) is 0 Å². The summed E-state index contributed by atoms with van der Waals surface area (Å²) >= 11 is 9.24. The predicted molar refractivity (Wildman–Crippen MR) is 107 cm³/mol.